The Morgan fingerprint density at radius 3 is 2.55 bits per heavy atom. The molecule has 1 amide bonds. The van der Waals surface area contributed by atoms with Gasteiger partial charge >= 0.3 is 0 Å². The zero-order valence-corrected chi connectivity index (χ0v) is 25.5. The Morgan fingerprint density at radius 1 is 1.10 bits per heavy atom. The summed E-state index contributed by atoms with van der Waals surface area (Å²) in [5.74, 6) is 0.172. The fraction of sp³-hybridized carbons (Fsp3) is 0.576. The number of hydrogen-bond donors (Lipinski definition) is 0. The molecule has 0 N–H and O–H groups in total. The van der Waals surface area contributed by atoms with Crippen LogP contribution in [0.25, 0.3) is 0 Å². The third-order valence-electron chi connectivity index (χ3n) is 11.6. The number of fused-ring (bicyclic) bond motifs is 3. The molecule has 4 saturated heterocycles. The molecule has 2 aromatic rings. The van der Waals surface area contributed by atoms with Crippen LogP contribution >= 0.6 is 0 Å². The van der Waals surface area contributed by atoms with Gasteiger partial charge in [-0.05, 0) is 54.6 Å². The average Bonchev–Trinajstić information content (AvgIpc) is 3.58. The normalized spacial score (nSPS) is 35.5. The second kappa shape index (κ2) is 8.21. The molecule has 5 atom stereocenters. The van der Waals surface area contributed by atoms with E-state index >= 15 is 0 Å². The first-order valence-corrected chi connectivity index (χ1v) is 17.8. The molecule has 2 bridgehead atoms. The fourth-order valence-corrected chi connectivity index (χ4v) is 10.2. The first kappa shape index (κ1) is 26.2. The number of carbonyl (C=O) groups excluding carboxylic acids is 1. The number of hydrogen-bond acceptors (Lipinski definition) is 5. The monoisotopic (exact) mass is 555 g/mol. The highest BCUT2D eigenvalue weighted by molar-refractivity contribution is 6.74. The van der Waals surface area contributed by atoms with Gasteiger partial charge in [0.25, 0.3) is 0 Å². The Hall–Kier alpha value is -2.66. The van der Waals surface area contributed by atoms with E-state index < -0.39 is 25.1 Å². The number of piperidine rings is 1. The second-order valence-corrected chi connectivity index (χ2v) is 19.2. The van der Waals surface area contributed by atoms with E-state index in [1.807, 2.05) is 6.07 Å². The van der Waals surface area contributed by atoms with Crippen molar-refractivity contribution in [2.24, 2.45) is 5.41 Å². The van der Waals surface area contributed by atoms with Crippen molar-refractivity contribution in [3.8, 4) is 6.07 Å². The number of benzene rings is 2. The molecule has 5 aliphatic heterocycles. The van der Waals surface area contributed by atoms with E-state index in [0.717, 1.165) is 19.3 Å². The minimum atomic E-state index is -1.95. The van der Waals surface area contributed by atoms with E-state index in [1.165, 1.54) is 16.8 Å². The lowest BCUT2D eigenvalue weighted by Crippen LogP contribution is -2.71. The molecule has 0 saturated carbocycles. The number of rotatable bonds is 6. The molecule has 6 nitrogen and oxygen atoms in total. The number of para-hydroxylation sites is 1. The van der Waals surface area contributed by atoms with E-state index in [0.29, 0.717) is 32.5 Å². The first-order valence-electron chi connectivity index (χ1n) is 14.9. The van der Waals surface area contributed by atoms with Crippen LogP contribution in [0.3, 0.4) is 0 Å². The van der Waals surface area contributed by atoms with Crippen molar-refractivity contribution < 1.29 is 14.0 Å². The smallest absolute Gasteiger partial charge is 0.224 e. The molecule has 4 fully saturated rings. The molecule has 40 heavy (non-hydrogen) atoms. The summed E-state index contributed by atoms with van der Waals surface area (Å²) in [7, 11) is -1.95. The highest BCUT2D eigenvalue weighted by Gasteiger charge is 2.90. The molecule has 7 heteroatoms. The minimum absolute atomic E-state index is 0.124. The average molecular weight is 556 g/mol. The van der Waals surface area contributed by atoms with Crippen molar-refractivity contribution in [2.75, 3.05) is 18.1 Å². The van der Waals surface area contributed by atoms with Crippen LogP contribution in [0, 0.1) is 16.7 Å². The molecule has 0 radical (unpaired) electrons. The highest BCUT2D eigenvalue weighted by atomic mass is 28.4. The van der Waals surface area contributed by atoms with Crippen LogP contribution in [-0.2, 0) is 25.9 Å². The topological polar surface area (TPSA) is 65.8 Å². The number of anilines is 1. The third-order valence-corrected chi connectivity index (χ3v) is 16.2. The van der Waals surface area contributed by atoms with Gasteiger partial charge in [0.2, 0.25) is 5.91 Å². The van der Waals surface area contributed by atoms with Gasteiger partial charge in [-0.25, -0.2) is 0 Å². The van der Waals surface area contributed by atoms with Crippen molar-refractivity contribution in [3.05, 3.63) is 65.7 Å². The Morgan fingerprint density at radius 2 is 1.82 bits per heavy atom. The number of nitriles is 1. The fourth-order valence-electron chi connectivity index (χ4n) is 9.11. The molecular weight excluding hydrogens is 514 g/mol. The summed E-state index contributed by atoms with van der Waals surface area (Å²) in [5, 5.41) is 11.2. The van der Waals surface area contributed by atoms with Crippen LogP contribution in [0.1, 0.15) is 64.0 Å². The lowest BCUT2D eigenvalue weighted by atomic mass is 9.49. The zero-order chi connectivity index (χ0) is 28.2. The predicted octanol–water partition coefficient (Wildman–Crippen LogP) is 6.13. The maximum absolute atomic E-state index is 13.7. The third kappa shape index (κ3) is 2.98. The lowest BCUT2D eigenvalue weighted by molar-refractivity contribution is -0.206. The number of ether oxygens (including phenoxy) is 1. The molecule has 2 spiro atoms. The van der Waals surface area contributed by atoms with Gasteiger partial charge in [0, 0.05) is 43.6 Å². The summed E-state index contributed by atoms with van der Waals surface area (Å²) in [6.45, 7) is 13.5. The largest absolute Gasteiger partial charge is 0.417 e. The zero-order valence-electron chi connectivity index (χ0n) is 24.5. The summed E-state index contributed by atoms with van der Waals surface area (Å²) < 4.78 is 14.0. The van der Waals surface area contributed by atoms with Crippen LogP contribution in [-0.4, -0.2) is 49.6 Å². The van der Waals surface area contributed by atoms with Crippen molar-refractivity contribution in [3.63, 3.8) is 0 Å². The predicted molar refractivity (Wildman–Crippen MR) is 157 cm³/mol. The van der Waals surface area contributed by atoms with Gasteiger partial charge in [0.1, 0.15) is 6.07 Å². The van der Waals surface area contributed by atoms with Gasteiger partial charge in [0.05, 0.1) is 11.5 Å². The number of carbonyl (C=O) groups is 1. The molecule has 5 heterocycles. The highest BCUT2D eigenvalue weighted by Crippen LogP contribution is 2.79. The molecule has 0 aromatic heterocycles. The van der Waals surface area contributed by atoms with Gasteiger partial charge in [-0.1, -0.05) is 69.3 Å². The molecule has 0 aliphatic carbocycles. The van der Waals surface area contributed by atoms with Crippen LogP contribution < -0.4 is 4.90 Å². The van der Waals surface area contributed by atoms with Crippen LogP contribution in [0.2, 0.25) is 18.1 Å². The minimum Gasteiger partial charge on any atom is -0.417 e. The van der Waals surface area contributed by atoms with Crippen LogP contribution in [0.15, 0.2) is 54.6 Å². The van der Waals surface area contributed by atoms with Gasteiger partial charge < -0.3 is 19.0 Å². The Bertz CT molecular complexity index is 1420. The summed E-state index contributed by atoms with van der Waals surface area (Å²) in [5.41, 5.74) is 1.07. The molecule has 210 valence electrons. The van der Waals surface area contributed by atoms with E-state index in [-0.39, 0.29) is 22.4 Å². The second-order valence-electron chi connectivity index (χ2n) is 14.4. The van der Waals surface area contributed by atoms with Crippen molar-refractivity contribution in [2.45, 2.75) is 100 Å². The Balaban J connectivity index is 1.37. The lowest BCUT2D eigenvalue weighted by Gasteiger charge is -2.58. The van der Waals surface area contributed by atoms with Crippen LogP contribution in [0.4, 0.5) is 5.69 Å². The van der Waals surface area contributed by atoms with E-state index in [1.54, 1.807) is 0 Å². The van der Waals surface area contributed by atoms with E-state index in [9.17, 15) is 10.1 Å². The van der Waals surface area contributed by atoms with E-state index in [2.05, 4.69) is 98.3 Å². The van der Waals surface area contributed by atoms with Crippen molar-refractivity contribution in [1.82, 2.24) is 4.90 Å². The molecular formula is C33H41N3O3Si. The summed E-state index contributed by atoms with van der Waals surface area (Å²) in [4.78, 5) is 18.2. The van der Waals surface area contributed by atoms with Gasteiger partial charge in [-0.15, -0.1) is 0 Å². The van der Waals surface area contributed by atoms with Gasteiger partial charge in [-0.3, -0.25) is 4.79 Å². The Kier molecular flexibility index (Phi) is 5.39. The first-order chi connectivity index (χ1) is 19.0. The maximum Gasteiger partial charge on any atom is 0.224 e. The van der Waals surface area contributed by atoms with E-state index in [4.69, 9.17) is 9.16 Å². The molecule has 2 aromatic carbocycles. The molecule has 5 aliphatic rings. The summed E-state index contributed by atoms with van der Waals surface area (Å²) in [6, 6.07) is 21.8. The van der Waals surface area contributed by atoms with Crippen molar-refractivity contribution in [1.29, 1.82) is 5.26 Å². The number of nitrogens with zero attached hydrogens (tertiary/aromatic N) is 3. The van der Waals surface area contributed by atoms with Crippen LogP contribution in [0.5, 0.6) is 0 Å². The maximum atomic E-state index is 13.7. The SMILES string of the molecule is CC(C)(C)[Si](C)(C)OCC[C@@]12CCC(=O)N3CC[C@@]45c6ccccc6N(Cc6ccccc6)[C@@H]4[C@](C#N)(C1)O[C@]325. The number of amides is 1. The molecule has 0 unspecified atom stereocenters. The van der Waals surface area contributed by atoms with Gasteiger partial charge in [-0.2, -0.15) is 5.26 Å². The van der Waals surface area contributed by atoms with Crippen molar-refractivity contribution >= 4 is 19.9 Å². The van der Waals surface area contributed by atoms with Gasteiger partial charge in [0.15, 0.2) is 19.6 Å². The Labute approximate surface area is 239 Å². The molecule has 7 rings (SSSR count). The quantitative estimate of drug-likeness (QED) is 0.401. The standard InChI is InChI=1S/C33H41N3O3Si/c1-29(2,3)40(4,5)38-20-18-30-16-15-27(37)36-19-17-32-25-13-9-10-14-26(25)35(21-24-11-7-6-8-12-24)28(32)31(22-30,23-34)39-33(30,32)36/h6-14,28H,15-22H2,1-5H3/t28-,30+,31-,32-,33-/m1/s1. The summed E-state index contributed by atoms with van der Waals surface area (Å²) >= 11 is 0. The summed E-state index contributed by atoms with van der Waals surface area (Å²) in [6.07, 6.45) is 3.54.